The van der Waals surface area contributed by atoms with Gasteiger partial charge in [0.2, 0.25) is 0 Å². The normalized spacial score (nSPS) is 26.2. The van der Waals surface area contributed by atoms with E-state index >= 15 is 0 Å². The van der Waals surface area contributed by atoms with Gasteiger partial charge in [0.1, 0.15) is 0 Å². The van der Waals surface area contributed by atoms with Crippen LogP contribution < -0.4 is 0 Å². The Morgan fingerprint density at radius 3 is 2.88 bits per heavy atom. The fraction of sp³-hybridized carbons (Fsp3) is 0.769. The Bertz CT molecular complexity index is 294. The zero-order chi connectivity index (χ0) is 11.4. The molecule has 1 fully saturated rings. The third-order valence-corrected chi connectivity index (χ3v) is 3.90. The van der Waals surface area contributed by atoms with Gasteiger partial charge in [0.25, 0.3) is 0 Å². The van der Waals surface area contributed by atoms with Gasteiger partial charge in [-0.1, -0.05) is 19.8 Å². The molecule has 1 aliphatic carbocycles. The van der Waals surface area contributed by atoms with Gasteiger partial charge in [-0.2, -0.15) is 0 Å². The van der Waals surface area contributed by atoms with E-state index in [2.05, 4.69) is 28.4 Å². The molecular weight excluding hydrogens is 198 g/mol. The summed E-state index contributed by atoms with van der Waals surface area (Å²) in [6.45, 7) is 4.59. The van der Waals surface area contributed by atoms with Crippen molar-refractivity contribution in [2.75, 3.05) is 13.6 Å². The van der Waals surface area contributed by atoms with Gasteiger partial charge < -0.3 is 9.47 Å². The van der Waals surface area contributed by atoms with E-state index in [1.165, 1.54) is 25.7 Å². The molecule has 0 N–H and O–H groups in total. The second kappa shape index (κ2) is 5.48. The number of hydrogen-bond acceptors (Lipinski definition) is 2. The molecule has 3 nitrogen and oxygen atoms in total. The molecule has 90 valence electrons. The second-order valence-electron chi connectivity index (χ2n) is 5.11. The zero-order valence-corrected chi connectivity index (χ0v) is 10.5. The molecule has 1 saturated carbocycles. The summed E-state index contributed by atoms with van der Waals surface area (Å²) in [5.74, 6) is 0.863. The highest BCUT2D eigenvalue weighted by atomic mass is 15.2. The number of imidazole rings is 1. The molecule has 2 atom stereocenters. The van der Waals surface area contributed by atoms with Crippen LogP contribution in [0.15, 0.2) is 18.7 Å². The molecule has 0 bridgehead atoms. The minimum atomic E-state index is 0.789. The van der Waals surface area contributed by atoms with Gasteiger partial charge in [-0.25, -0.2) is 4.98 Å². The van der Waals surface area contributed by atoms with Crippen LogP contribution in [0.5, 0.6) is 0 Å². The summed E-state index contributed by atoms with van der Waals surface area (Å²) >= 11 is 0. The highest BCUT2D eigenvalue weighted by Crippen LogP contribution is 2.27. The van der Waals surface area contributed by atoms with Crippen LogP contribution >= 0.6 is 0 Å². The Morgan fingerprint density at radius 2 is 2.19 bits per heavy atom. The van der Waals surface area contributed by atoms with Crippen molar-refractivity contribution in [3.05, 3.63) is 18.7 Å². The molecule has 3 heteroatoms. The van der Waals surface area contributed by atoms with Gasteiger partial charge in [-0.05, 0) is 25.8 Å². The quantitative estimate of drug-likeness (QED) is 0.778. The summed E-state index contributed by atoms with van der Waals surface area (Å²) in [5, 5.41) is 0. The van der Waals surface area contributed by atoms with Crippen LogP contribution in [0.25, 0.3) is 0 Å². The van der Waals surface area contributed by atoms with Crippen LogP contribution in [0.3, 0.4) is 0 Å². The lowest BCUT2D eigenvalue weighted by Crippen LogP contribution is -2.40. The van der Waals surface area contributed by atoms with Crippen molar-refractivity contribution in [1.82, 2.24) is 14.5 Å². The van der Waals surface area contributed by atoms with Crippen molar-refractivity contribution in [2.24, 2.45) is 5.92 Å². The Labute approximate surface area is 98.5 Å². The molecule has 16 heavy (non-hydrogen) atoms. The minimum Gasteiger partial charge on any atom is -0.336 e. The maximum Gasteiger partial charge on any atom is 0.0946 e. The summed E-state index contributed by atoms with van der Waals surface area (Å²) in [6, 6.07) is 0.789. The van der Waals surface area contributed by atoms with Crippen LogP contribution in [0.1, 0.15) is 32.6 Å². The van der Waals surface area contributed by atoms with Gasteiger partial charge >= 0.3 is 0 Å². The van der Waals surface area contributed by atoms with Gasteiger partial charge in [-0.3, -0.25) is 0 Å². The predicted octanol–water partition coefficient (Wildman–Crippen LogP) is 2.39. The fourth-order valence-corrected chi connectivity index (χ4v) is 2.81. The lowest BCUT2D eigenvalue weighted by molar-refractivity contribution is 0.135. The number of hydrogen-bond donors (Lipinski definition) is 0. The van der Waals surface area contributed by atoms with Gasteiger partial charge in [0, 0.05) is 31.5 Å². The second-order valence-corrected chi connectivity index (χ2v) is 5.11. The maximum atomic E-state index is 4.07. The van der Waals surface area contributed by atoms with Gasteiger partial charge in [-0.15, -0.1) is 0 Å². The average molecular weight is 221 g/mol. The fourth-order valence-electron chi connectivity index (χ4n) is 2.81. The lowest BCUT2D eigenvalue weighted by atomic mass is 9.85. The van der Waals surface area contributed by atoms with Crippen LogP contribution in [-0.2, 0) is 6.54 Å². The molecule has 1 heterocycles. The first-order valence-corrected chi connectivity index (χ1v) is 6.43. The average Bonchev–Trinajstić information content (AvgIpc) is 2.79. The van der Waals surface area contributed by atoms with E-state index in [9.17, 15) is 0 Å². The van der Waals surface area contributed by atoms with E-state index in [0.717, 1.165) is 25.0 Å². The summed E-state index contributed by atoms with van der Waals surface area (Å²) in [5.41, 5.74) is 0. The van der Waals surface area contributed by atoms with Crippen molar-refractivity contribution in [3.8, 4) is 0 Å². The number of likely N-dealkylation sites (N-methyl/N-ethyl adjacent to an activating group) is 1. The third-order valence-electron chi connectivity index (χ3n) is 3.90. The molecule has 0 amide bonds. The molecule has 2 unspecified atom stereocenters. The largest absolute Gasteiger partial charge is 0.336 e. The molecule has 0 radical (unpaired) electrons. The van der Waals surface area contributed by atoms with E-state index < -0.39 is 0 Å². The first-order chi connectivity index (χ1) is 7.77. The molecule has 0 spiro atoms. The zero-order valence-electron chi connectivity index (χ0n) is 10.5. The summed E-state index contributed by atoms with van der Waals surface area (Å²) in [4.78, 5) is 6.60. The van der Waals surface area contributed by atoms with Gasteiger partial charge in [0.05, 0.1) is 6.33 Å². The Balaban J connectivity index is 1.80. The Morgan fingerprint density at radius 1 is 1.38 bits per heavy atom. The lowest BCUT2D eigenvalue weighted by Gasteiger charge is -2.36. The van der Waals surface area contributed by atoms with Crippen LogP contribution in [0.2, 0.25) is 0 Å². The molecule has 1 aromatic rings. The molecule has 1 aromatic heterocycles. The third kappa shape index (κ3) is 2.85. The minimum absolute atomic E-state index is 0.789. The SMILES string of the molecule is CC1CCCCC1N(C)CCn1ccnc1. The summed E-state index contributed by atoms with van der Waals surface area (Å²) in [6.07, 6.45) is 11.4. The number of aromatic nitrogens is 2. The van der Waals surface area contributed by atoms with Crippen LogP contribution in [-0.4, -0.2) is 34.1 Å². The highest BCUT2D eigenvalue weighted by Gasteiger charge is 2.24. The molecule has 2 rings (SSSR count). The van der Waals surface area contributed by atoms with Crippen LogP contribution in [0, 0.1) is 5.92 Å². The van der Waals surface area contributed by atoms with E-state index in [1.807, 2.05) is 18.7 Å². The van der Waals surface area contributed by atoms with Crippen LogP contribution in [0.4, 0.5) is 0 Å². The monoisotopic (exact) mass is 221 g/mol. The molecular formula is C13H23N3. The maximum absolute atomic E-state index is 4.07. The molecule has 0 aliphatic heterocycles. The summed E-state index contributed by atoms with van der Waals surface area (Å²) < 4.78 is 2.16. The standard InChI is InChI=1S/C13H23N3/c1-12-5-3-4-6-13(12)15(2)9-10-16-8-7-14-11-16/h7-8,11-13H,3-6,9-10H2,1-2H3. The van der Waals surface area contributed by atoms with Crippen molar-refractivity contribution >= 4 is 0 Å². The first kappa shape index (κ1) is 11.6. The van der Waals surface area contributed by atoms with E-state index in [4.69, 9.17) is 0 Å². The first-order valence-electron chi connectivity index (χ1n) is 6.43. The van der Waals surface area contributed by atoms with E-state index in [0.29, 0.717) is 0 Å². The Kier molecular flexibility index (Phi) is 3.99. The topological polar surface area (TPSA) is 21.1 Å². The smallest absolute Gasteiger partial charge is 0.0946 e. The Hall–Kier alpha value is -0.830. The van der Waals surface area contributed by atoms with E-state index in [1.54, 1.807) is 0 Å². The highest BCUT2D eigenvalue weighted by molar-refractivity contribution is 4.80. The van der Waals surface area contributed by atoms with Crippen molar-refractivity contribution in [2.45, 2.75) is 45.2 Å². The van der Waals surface area contributed by atoms with Gasteiger partial charge in [0.15, 0.2) is 0 Å². The van der Waals surface area contributed by atoms with Crippen molar-refractivity contribution in [3.63, 3.8) is 0 Å². The predicted molar refractivity (Wildman–Crippen MR) is 66.3 cm³/mol. The van der Waals surface area contributed by atoms with E-state index in [-0.39, 0.29) is 0 Å². The number of nitrogens with zero attached hydrogens (tertiary/aromatic N) is 3. The molecule has 1 aliphatic rings. The molecule has 0 saturated heterocycles. The van der Waals surface area contributed by atoms with Crippen molar-refractivity contribution in [1.29, 1.82) is 0 Å². The number of rotatable bonds is 4. The van der Waals surface area contributed by atoms with Crippen molar-refractivity contribution < 1.29 is 0 Å². The molecule has 0 aromatic carbocycles. The summed E-state index contributed by atoms with van der Waals surface area (Å²) in [7, 11) is 2.27.